The van der Waals surface area contributed by atoms with Gasteiger partial charge in [0.15, 0.2) is 0 Å². The van der Waals surface area contributed by atoms with Gasteiger partial charge in [-0.2, -0.15) is 4.98 Å². The molecule has 4 rings (SSSR count). The summed E-state index contributed by atoms with van der Waals surface area (Å²) in [6.07, 6.45) is 3.47. The van der Waals surface area contributed by atoms with E-state index in [-0.39, 0.29) is 11.8 Å². The average Bonchev–Trinajstić information content (AvgIpc) is 3.21. The maximum Gasteiger partial charge on any atom is 0.238 e. The Morgan fingerprint density at radius 3 is 2.71 bits per heavy atom. The largest absolute Gasteiger partial charge is 0.339 e. The van der Waals surface area contributed by atoms with Crippen LogP contribution in [0.25, 0.3) is 11.5 Å². The number of nitrogens with zero attached hydrogens (tertiary/aromatic N) is 4. The average molecular weight is 442 g/mol. The van der Waals surface area contributed by atoms with Crippen LogP contribution in [0.2, 0.25) is 0 Å². The number of amides is 1. The number of piperidine rings is 1. The molecule has 1 aliphatic rings. The smallest absolute Gasteiger partial charge is 0.238 e. The van der Waals surface area contributed by atoms with Crippen LogP contribution in [-0.4, -0.2) is 45.6 Å². The number of hydrogen-bond acceptors (Lipinski definition) is 6. The molecule has 1 aliphatic heterocycles. The number of nitrogens with one attached hydrogen (secondary N) is 1. The molecular weight excluding hydrogens is 422 g/mol. The number of hydrogen-bond donors (Lipinski definition) is 1. The summed E-state index contributed by atoms with van der Waals surface area (Å²) < 4.78 is 6.34. The minimum Gasteiger partial charge on any atom is -0.339 e. The third-order valence-electron chi connectivity index (χ3n) is 4.79. The number of pyridine rings is 1. The number of rotatable bonds is 5. The van der Waals surface area contributed by atoms with E-state index in [2.05, 4.69) is 41.3 Å². The van der Waals surface area contributed by atoms with Gasteiger partial charge in [-0.25, -0.2) is 0 Å². The van der Waals surface area contributed by atoms with Crippen molar-refractivity contribution in [2.45, 2.75) is 18.8 Å². The van der Waals surface area contributed by atoms with E-state index in [1.54, 1.807) is 6.20 Å². The zero-order valence-electron chi connectivity index (χ0n) is 15.2. The van der Waals surface area contributed by atoms with Crippen molar-refractivity contribution in [3.05, 3.63) is 59.0 Å². The van der Waals surface area contributed by atoms with Gasteiger partial charge in [-0.05, 0) is 66.1 Å². The quantitative estimate of drug-likeness (QED) is 0.649. The molecular formula is C20H20BrN5O2. The van der Waals surface area contributed by atoms with Crippen molar-refractivity contribution in [3.63, 3.8) is 0 Å². The van der Waals surface area contributed by atoms with Gasteiger partial charge in [0.25, 0.3) is 0 Å². The SMILES string of the molecule is O=C(CN1CCC(c2nc(-c3ccccn3)no2)CC1)Nc1ccccc1Br. The minimum atomic E-state index is -0.0134. The van der Waals surface area contributed by atoms with Crippen LogP contribution >= 0.6 is 15.9 Å². The molecule has 3 aromatic rings. The predicted octanol–water partition coefficient (Wildman–Crippen LogP) is 3.71. The van der Waals surface area contributed by atoms with Gasteiger partial charge in [-0.3, -0.25) is 14.7 Å². The fourth-order valence-corrected chi connectivity index (χ4v) is 3.68. The summed E-state index contributed by atoms with van der Waals surface area (Å²) in [6, 6.07) is 13.2. The lowest BCUT2D eigenvalue weighted by Crippen LogP contribution is -2.38. The summed E-state index contributed by atoms with van der Waals surface area (Å²) in [7, 11) is 0. The molecule has 2 aromatic heterocycles. The molecule has 144 valence electrons. The first-order valence-electron chi connectivity index (χ1n) is 9.21. The molecule has 0 aliphatic carbocycles. The van der Waals surface area contributed by atoms with Crippen molar-refractivity contribution in [2.24, 2.45) is 0 Å². The second-order valence-electron chi connectivity index (χ2n) is 6.75. The number of carbonyl (C=O) groups is 1. The first-order valence-corrected chi connectivity index (χ1v) is 10.00. The van der Waals surface area contributed by atoms with E-state index in [9.17, 15) is 4.79 Å². The van der Waals surface area contributed by atoms with Crippen LogP contribution in [0.5, 0.6) is 0 Å². The number of likely N-dealkylation sites (tertiary alicyclic amines) is 1. The molecule has 28 heavy (non-hydrogen) atoms. The van der Waals surface area contributed by atoms with Crippen molar-refractivity contribution in [1.82, 2.24) is 20.0 Å². The predicted molar refractivity (Wildman–Crippen MR) is 109 cm³/mol. The Morgan fingerprint density at radius 1 is 1.18 bits per heavy atom. The standard InChI is InChI=1S/C20H20BrN5O2/c21-15-5-1-2-6-16(15)23-18(27)13-26-11-8-14(9-12-26)20-24-19(25-28-20)17-7-3-4-10-22-17/h1-7,10,14H,8-9,11-13H2,(H,23,27). The summed E-state index contributed by atoms with van der Waals surface area (Å²) >= 11 is 3.45. The number of aromatic nitrogens is 3. The Bertz CT molecular complexity index is 939. The van der Waals surface area contributed by atoms with E-state index < -0.39 is 0 Å². The number of anilines is 1. The maximum absolute atomic E-state index is 12.3. The fraction of sp³-hybridized carbons (Fsp3) is 0.300. The summed E-state index contributed by atoms with van der Waals surface area (Å²) in [5.41, 5.74) is 1.49. The van der Waals surface area contributed by atoms with Crippen LogP contribution in [0.4, 0.5) is 5.69 Å². The molecule has 1 N–H and O–H groups in total. The molecule has 0 bridgehead atoms. The number of benzene rings is 1. The van der Waals surface area contributed by atoms with E-state index in [1.165, 1.54) is 0 Å². The summed E-state index contributed by atoms with van der Waals surface area (Å²) in [5, 5.41) is 7.00. The van der Waals surface area contributed by atoms with Crippen molar-refractivity contribution >= 4 is 27.5 Å². The van der Waals surface area contributed by atoms with Crippen molar-refractivity contribution < 1.29 is 9.32 Å². The molecule has 0 unspecified atom stereocenters. The molecule has 8 heteroatoms. The lowest BCUT2D eigenvalue weighted by molar-refractivity contribution is -0.117. The van der Waals surface area contributed by atoms with Crippen LogP contribution in [0.3, 0.4) is 0 Å². The second kappa shape index (κ2) is 8.62. The van der Waals surface area contributed by atoms with E-state index in [0.717, 1.165) is 36.1 Å². The second-order valence-corrected chi connectivity index (χ2v) is 7.60. The first kappa shape index (κ1) is 18.8. The topological polar surface area (TPSA) is 84.2 Å². The Kier molecular flexibility index (Phi) is 5.78. The Labute approximate surface area is 171 Å². The highest BCUT2D eigenvalue weighted by atomic mass is 79.9. The van der Waals surface area contributed by atoms with E-state index in [0.29, 0.717) is 24.0 Å². The van der Waals surface area contributed by atoms with Crippen LogP contribution in [-0.2, 0) is 4.79 Å². The van der Waals surface area contributed by atoms with Gasteiger partial charge in [-0.1, -0.05) is 23.4 Å². The lowest BCUT2D eigenvalue weighted by Gasteiger charge is -2.29. The van der Waals surface area contributed by atoms with Crippen LogP contribution < -0.4 is 5.32 Å². The van der Waals surface area contributed by atoms with Crippen molar-refractivity contribution in [3.8, 4) is 11.5 Å². The highest BCUT2D eigenvalue weighted by Crippen LogP contribution is 2.28. The van der Waals surface area contributed by atoms with Crippen molar-refractivity contribution in [2.75, 3.05) is 25.0 Å². The van der Waals surface area contributed by atoms with Crippen LogP contribution in [0, 0.1) is 0 Å². The van der Waals surface area contributed by atoms with Crippen molar-refractivity contribution in [1.29, 1.82) is 0 Å². The Hall–Kier alpha value is -2.58. The number of carbonyl (C=O) groups excluding carboxylic acids is 1. The molecule has 0 spiro atoms. The minimum absolute atomic E-state index is 0.0134. The fourth-order valence-electron chi connectivity index (χ4n) is 3.29. The first-order chi connectivity index (χ1) is 13.7. The Balaban J connectivity index is 1.30. The Morgan fingerprint density at radius 2 is 1.96 bits per heavy atom. The number of halogens is 1. The van der Waals surface area contributed by atoms with E-state index in [1.807, 2.05) is 42.5 Å². The molecule has 1 aromatic carbocycles. The van der Waals surface area contributed by atoms with E-state index in [4.69, 9.17) is 4.52 Å². The normalized spacial score (nSPS) is 15.5. The van der Waals surface area contributed by atoms with Gasteiger partial charge in [0, 0.05) is 16.6 Å². The molecule has 1 fully saturated rings. The van der Waals surface area contributed by atoms with Crippen LogP contribution in [0.15, 0.2) is 57.7 Å². The number of para-hydroxylation sites is 1. The van der Waals surface area contributed by atoms with Gasteiger partial charge in [0.1, 0.15) is 5.69 Å². The molecule has 0 atom stereocenters. The molecule has 1 amide bonds. The van der Waals surface area contributed by atoms with E-state index >= 15 is 0 Å². The lowest BCUT2D eigenvalue weighted by atomic mass is 9.97. The summed E-state index contributed by atoms with van der Waals surface area (Å²) in [5.74, 6) is 1.37. The zero-order chi connectivity index (χ0) is 19.3. The van der Waals surface area contributed by atoms with Crippen LogP contribution in [0.1, 0.15) is 24.7 Å². The summed E-state index contributed by atoms with van der Waals surface area (Å²) in [4.78, 5) is 23.2. The van der Waals surface area contributed by atoms with Gasteiger partial charge in [-0.15, -0.1) is 0 Å². The molecule has 1 saturated heterocycles. The molecule has 3 heterocycles. The molecule has 7 nitrogen and oxygen atoms in total. The maximum atomic E-state index is 12.3. The molecule has 0 radical (unpaired) electrons. The monoisotopic (exact) mass is 441 g/mol. The molecule has 0 saturated carbocycles. The van der Waals surface area contributed by atoms with Gasteiger partial charge < -0.3 is 9.84 Å². The van der Waals surface area contributed by atoms with Gasteiger partial charge in [0.05, 0.1) is 12.2 Å². The summed E-state index contributed by atoms with van der Waals surface area (Å²) in [6.45, 7) is 2.00. The van der Waals surface area contributed by atoms with Gasteiger partial charge in [0.2, 0.25) is 17.6 Å². The third kappa shape index (κ3) is 4.45. The van der Waals surface area contributed by atoms with Gasteiger partial charge >= 0.3 is 0 Å². The third-order valence-corrected chi connectivity index (χ3v) is 5.48. The highest BCUT2D eigenvalue weighted by molar-refractivity contribution is 9.10. The highest BCUT2D eigenvalue weighted by Gasteiger charge is 2.26. The zero-order valence-corrected chi connectivity index (χ0v) is 16.8.